The van der Waals surface area contributed by atoms with Crippen molar-refractivity contribution < 1.29 is 14.7 Å². The lowest BCUT2D eigenvalue weighted by molar-refractivity contribution is -0.129. The van der Waals surface area contributed by atoms with Crippen LogP contribution in [0.2, 0.25) is 0 Å². The molecule has 160 valence electrons. The van der Waals surface area contributed by atoms with Crippen molar-refractivity contribution in [1.29, 1.82) is 0 Å². The first-order valence-corrected chi connectivity index (χ1v) is 10.8. The summed E-state index contributed by atoms with van der Waals surface area (Å²) >= 11 is 1.31. The van der Waals surface area contributed by atoms with Crippen LogP contribution in [0, 0.1) is 0 Å². The SMILES string of the molecule is CON=C(C(=O)O)c1csc(Nc2ccccc2C(c2ccccc2)c2ccccc2)n1. The fourth-order valence-electron chi connectivity index (χ4n) is 3.55. The van der Waals surface area contributed by atoms with Gasteiger partial charge in [-0.15, -0.1) is 11.3 Å². The minimum atomic E-state index is -1.20. The van der Waals surface area contributed by atoms with Crippen LogP contribution in [0.25, 0.3) is 0 Å². The molecule has 7 heteroatoms. The van der Waals surface area contributed by atoms with Crippen molar-refractivity contribution in [2.24, 2.45) is 5.16 Å². The number of carboxylic acids is 1. The summed E-state index contributed by atoms with van der Waals surface area (Å²) in [5.74, 6) is -1.18. The topological polar surface area (TPSA) is 83.8 Å². The number of aliphatic carboxylic acids is 1. The van der Waals surface area contributed by atoms with E-state index in [2.05, 4.69) is 50.6 Å². The molecule has 1 aromatic heterocycles. The van der Waals surface area contributed by atoms with Crippen LogP contribution in [0.3, 0.4) is 0 Å². The minimum Gasteiger partial charge on any atom is -0.476 e. The molecule has 0 aliphatic carbocycles. The maximum Gasteiger partial charge on any atom is 0.360 e. The van der Waals surface area contributed by atoms with E-state index in [4.69, 9.17) is 0 Å². The van der Waals surface area contributed by atoms with Crippen LogP contribution < -0.4 is 5.32 Å². The number of carboxylic acid groups (broad SMARTS) is 1. The van der Waals surface area contributed by atoms with E-state index in [1.807, 2.05) is 54.6 Å². The van der Waals surface area contributed by atoms with E-state index in [-0.39, 0.29) is 17.3 Å². The summed E-state index contributed by atoms with van der Waals surface area (Å²) < 4.78 is 0. The minimum absolute atomic E-state index is 0.0187. The van der Waals surface area contributed by atoms with Gasteiger partial charge in [0.1, 0.15) is 12.8 Å². The highest BCUT2D eigenvalue weighted by Gasteiger charge is 2.21. The molecular formula is C25H21N3O3S. The van der Waals surface area contributed by atoms with Crippen LogP contribution in [0.1, 0.15) is 28.3 Å². The smallest absolute Gasteiger partial charge is 0.360 e. The van der Waals surface area contributed by atoms with Gasteiger partial charge in [-0.2, -0.15) is 0 Å². The molecule has 0 radical (unpaired) electrons. The van der Waals surface area contributed by atoms with Crippen molar-refractivity contribution in [2.45, 2.75) is 5.92 Å². The molecule has 2 N–H and O–H groups in total. The first kappa shape index (κ1) is 21.3. The van der Waals surface area contributed by atoms with E-state index < -0.39 is 5.97 Å². The fourth-order valence-corrected chi connectivity index (χ4v) is 4.25. The lowest BCUT2D eigenvalue weighted by atomic mass is 9.84. The number of hydrogen-bond acceptors (Lipinski definition) is 6. The van der Waals surface area contributed by atoms with E-state index in [9.17, 15) is 9.90 Å². The predicted octanol–water partition coefficient (Wildman–Crippen LogP) is 5.50. The molecular weight excluding hydrogens is 422 g/mol. The van der Waals surface area contributed by atoms with Gasteiger partial charge in [0.05, 0.1) is 0 Å². The van der Waals surface area contributed by atoms with Crippen LogP contribution in [-0.4, -0.2) is 28.9 Å². The summed E-state index contributed by atoms with van der Waals surface area (Å²) in [4.78, 5) is 20.5. The van der Waals surface area contributed by atoms with Gasteiger partial charge in [0.2, 0.25) is 5.71 Å². The summed E-state index contributed by atoms with van der Waals surface area (Å²) in [5, 5.41) is 18.5. The largest absolute Gasteiger partial charge is 0.476 e. The fraction of sp³-hybridized carbons (Fsp3) is 0.0800. The molecule has 0 saturated heterocycles. The highest BCUT2D eigenvalue weighted by atomic mass is 32.1. The predicted molar refractivity (Wildman–Crippen MR) is 127 cm³/mol. The van der Waals surface area contributed by atoms with Crippen LogP contribution in [0.5, 0.6) is 0 Å². The summed E-state index contributed by atoms with van der Waals surface area (Å²) in [6.45, 7) is 0. The standard InChI is InChI=1S/C25H21N3O3S/c1-31-28-23(24(29)30)21-16-32-25(27-21)26-20-15-9-8-14-19(20)22(17-10-4-2-5-11-17)18-12-6-3-7-13-18/h2-16,22H,1H3,(H,26,27)(H,29,30). The number of nitrogens with one attached hydrogen (secondary N) is 1. The lowest BCUT2D eigenvalue weighted by Crippen LogP contribution is -2.15. The number of hydrogen-bond donors (Lipinski definition) is 2. The molecule has 4 rings (SSSR count). The van der Waals surface area contributed by atoms with Gasteiger partial charge in [-0.25, -0.2) is 9.78 Å². The van der Waals surface area contributed by atoms with Gasteiger partial charge in [-0.1, -0.05) is 84.0 Å². The zero-order chi connectivity index (χ0) is 22.3. The molecule has 4 aromatic rings. The van der Waals surface area contributed by atoms with Crippen molar-refractivity contribution in [2.75, 3.05) is 12.4 Å². The van der Waals surface area contributed by atoms with Gasteiger partial charge in [-0.05, 0) is 22.8 Å². The maximum absolute atomic E-state index is 11.4. The monoisotopic (exact) mass is 443 g/mol. The second kappa shape index (κ2) is 9.89. The summed E-state index contributed by atoms with van der Waals surface area (Å²) in [7, 11) is 1.30. The molecule has 0 unspecified atom stereocenters. The highest BCUT2D eigenvalue weighted by Crippen LogP contribution is 2.37. The van der Waals surface area contributed by atoms with Crippen molar-refractivity contribution in [3.8, 4) is 0 Å². The molecule has 32 heavy (non-hydrogen) atoms. The van der Waals surface area contributed by atoms with Gasteiger partial charge < -0.3 is 15.3 Å². The lowest BCUT2D eigenvalue weighted by Gasteiger charge is -2.22. The number of carbonyl (C=O) groups is 1. The molecule has 0 amide bonds. The molecule has 0 atom stereocenters. The summed E-state index contributed by atoms with van der Waals surface area (Å²) in [5.41, 5.74) is 4.34. The number of nitrogens with zero attached hydrogens (tertiary/aromatic N) is 2. The zero-order valence-electron chi connectivity index (χ0n) is 17.3. The van der Waals surface area contributed by atoms with Crippen molar-refractivity contribution in [1.82, 2.24) is 4.98 Å². The Morgan fingerprint density at radius 2 is 1.56 bits per heavy atom. The third-order valence-electron chi connectivity index (χ3n) is 4.91. The molecule has 3 aromatic carbocycles. The second-order valence-corrected chi connectivity index (χ2v) is 7.79. The maximum atomic E-state index is 11.4. The Morgan fingerprint density at radius 3 is 2.16 bits per heavy atom. The summed E-state index contributed by atoms with van der Waals surface area (Å²) in [6, 6.07) is 28.7. The van der Waals surface area contributed by atoms with Crippen LogP contribution >= 0.6 is 11.3 Å². The Kier molecular flexibility index (Phi) is 6.57. The Hall–Kier alpha value is -3.97. The number of oxime groups is 1. The van der Waals surface area contributed by atoms with Crippen molar-refractivity contribution >= 4 is 33.8 Å². The number of thiazole rings is 1. The van der Waals surface area contributed by atoms with E-state index in [0.29, 0.717) is 5.13 Å². The van der Waals surface area contributed by atoms with E-state index in [1.165, 1.54) is 29.6 Å². The highest BCUT2D eigenvalue weighted by molar-refractivity contribution is 7.14. The van der Waals surface area contributed by atoms with E-state index in [0.717, 1.165) is 11.3 Å². The third-order valence-corrected chi connectivity index (χ3v) is 5.67. The molecule has 6 nitrogen and oxygen atoms in total. The molecule has 0 spiro atoms. The quantitative estimate of drug-likeness (QED) is 0.213. The average Bonchev–Trinajstić information content (AvgIpc) is 3.28. The average molecular weight is 444 g/mol. The first-order valence-electron chi connectivity index (χ1n) is 9.93. The number of benzene rings is 3. The van der Waals surface area contributed by atoms with Crippen LogP contribution in [0.4, 0.5) is 10.8 Å². The Balaban J connectivity index is 1.73. The van der Waals surface area contributed by atoms with Crippen LogP contribution in [-0.2, 0) is 9.63 Å². The number of aromatic nitrogens is 1. The number of rotatable bonds is 8. The Labute approximate surface area is 189 Å². The van der Waals surface area contributed by atoms with Gasteiger partial charge in [0.15, 0.2) is 5.13 Å². The first-order chi connectivity index (χ1) is 15.7. The second-order valence-electron chi connectivity index (χ2n) is 6.93. The van der Waals surface area contributed by atoms with Gasteiger partial charge in [0, 0.05) is 17.0 Å². The normalized spacial score (nSPS) is 11.4. The molecule has 1 heterocycles. The number of para-hydroxylation sites is 1. The summed E-state index contributed by atoms with van der Waals surface area (Å²) in [6.07, 6.45) is 0. The van der Waals surface area contributed by atoms with Gasteiger partial charge in [-0.3, -0.25) is 0 Å². The Morgan fingerprint density at radius 1 is 0.969 bits per heavy atom. The van der Waals surface area contributed by atoms with Crippen molar-refractivity contribution in [3.05, 3.63) is 113 Å². The molecule has 0 aliphatic rings. The van der Waals surface area contributed by atoms with E-state index in [1.54, 1.807) is 5.38 Å². The molecule has 0 bridgehead atoms. The molecule has 0 aliphatic heterocycles. The van der Waals surface area contributed by atoms with Crippen LogP contribution in [0.15, 0.2) is 95.5 Å². The van der Waals surface area contributed by atoms with Gasteiger partial charge >= 0.3 is 5.97 Å². The Bertz CT molecular complexity index is 1180. The zero-order valence-corrected chi connectivity index (χ0v) is 18.1. The van der Waals surface area contributed by atoms with E-state index >= 15 is 0 Å². The molecule has 0 fully saturated rings. The number of anilines is 2. The van der Waals surface area contributed by atoms with Crippen molar-refractivity contribution in [3.63, 3.8) is 0 Å². The molecule has 0 saturated carbocycles. The third kappa shape index (κ3) is 4.68. The van der Waals surface area contributed by atoms with Gasteiger partial charge in [0.25, 0.3) is 0 Å².